The molecule has 2 aliphatic rings. The van der Waals surface area contributed by atoms with E-state index in [0.717, 1.165) is 0 Å². The highest BCUT2D eigenvalue weighted by Gasteiger charge is 2.39. The lowest BCUT2D eigenvalue weighted by atomic mass is 9.77. The van der Waals surface area contributed by atoms with E-state index in [1.807, 2.05) is 0 Å². The summed E-state index contributed by atoms with van der Waals surface area (Å²) in [5.74, 6) is 0. The lowest BCUT2D eigenvalue weighted by Gasteiger charge is -2.26. The van der Waals surface area contributed by atoms with Crippen LogP contribution in [0.1, 0.15) is 49.9 Å². The van der Waals surface area contributed by atoms with Crippen LogP contribution in [-0.2, 0) is 10.8 Å². The van der Waals surface area contributed by atoms with Crippen molar-refractivity contribution in [3.63, 3.8) is 0 Å². The first-order chi connectivity index (χ1) is 24.4. The highest BCUT2D eigenvalue weighted by molar-refractivity contribution is 6.35. The Hall–Kier alpha value is -5.72. The molecule has 0 spiro atoms. The van der Waals surface area contributed by atoms with Gasteiger partial charge in [-0.15, -0.1) is 0 Å². The highest BCUT2D eigenvalue weighted by atomic mass is 14.4. The predicted octanol–water partition coefficient (Wildman–Crippen LogP) is 13.7. The molecule has 0 fully saturated rings. The van der Waals surface area contributed by atoms with Gasteiger partial charge in [-0.05, 0) is 110 Å². The number of hydrogen-bond acceptors (Lipinski definition) is 0. The van der Waals surface area contributed by atoms with Gasteiger partial charge in [0.25, 0.3) is 0 Å². The van der Waals surface area contributed by atoms with Crippen molar-refractivity contribution in [3.05, 3.63) is 168 Å². The van der Waals surface area contributed by atoms with Crippen LogP contribution in [0.25, 0.3) is 87.6 Å². The van der Waals surface area contributed by atoms with Gasteiger partial charge in [-0.25, -0.2) is 0 Å². The largest absolute Gasteiger partial charge is 0.0619 e. The molecule has 9 aromatic rings. The normalized spacial score (nSPS) is 15.1. The van der Waals surface area contributed by atoms with Crippen LogP contribution in [0.4, 0.5) is 0 Å². The molecule has 0 N–H and O–H groups in total. The summed E-state index contributed by atoms with van der Waals surface area (Å²) in [6, 6.07) is 55.3. The van der Waals surface area contributed by atoms with Gasteiger partial charge in [-0.2, -0.15) is 0 Å². The molecule has 236 valence electrons. The van der Waals surface area contributed by atoms with Gasteiger partial charge in [0.05, 0.1) is 0 Å². The molecule has 0 heterocycles. The van der Waals surface area contributed by atoms with Crippen molar-refractivity contribution in [2.75, 3.05) is 0 Å². The minimum absolute atomic E-state index is 0.0790. The zero-order valence-electron chi connectivity index (χ0n) is 28.9. The van der Waals surface area contributed by atoms with Crippen molar-refractivity contribution in [2.45, 2.75) is 38.5 Å². The number of fused-ring (bicyclic) bond motifs is 8. The zero-order chi connectivity index (χ0) is 33.5. The first-order valence-electron chi connectivity index (χ1n) is 18.0. The van der Waals surface area contributed by atoms with Crippen LogP contribution in [-0.4, -0.2) is 0 Å². The standard InChI is InChI=1S/C50H36/c1-49(2)43-23-7-5-13-31(43)41-21-11-19-39(47(41)49)29-25-27-37-38-28-26-30(34-16-10-18-36(46(34)38)35-17-9-15-33(29)45(35)37)40-20-12-22-42-32-14-6-8-24-44(32)50(3,4)48(40)42/h5-28H,1-4H3. The van der Waals surface area contributed by atoms with Crippen LogP contribution in [0, 0.1) is 0 Å². The van der Waals surface area contributed by atoms with E-state index in [4.69, 9.17) is 0 Å². The average molecular weight is 637 g/mol. The van der Waals surface area contributed by atoms with Gasteiger partial charge in [-0.1, -0.05) is 173 Å². The monoisotopic (exact) mass is 636 g/mol. The summed E-state index contributed by atoms with van der Waals surface area (Å²) in [6.07, 6.45) is 0. The molecular weight excluding hydrogens is 601 g/mol. The second-order valence-corrected chi connectivity index (χ2v) is 15.6. The maximum Gasteiger partial charge on any atom is 0.0165 e. The molecule has 50 heavy (non-hydrogen) atoms. The Morgan fingerprint density at radius 3 is 1.02 bits per heavy atom. The van der Waals surface area contributed by atoms with Gasteiger partial charge >= 0.3 is 0 Å². The summed E-state index contributed by atoms with van der Waals surface area (Å²) in [5, 5.41) is 10.7. The summed E-state index contributed by atoms with van der Waals surface area (Å²) >= 11 is 0. The van der Waals surface area contributed by atoms with Crippen LogP contribution >= 0.6 is 0 Å². The Kier molecular flexibility index (Phi) is 5.34. The molecule has 0 aliphatic heterocycles. The zero-order valence-corrected chi connectivity index (χ0v) is 28.9. The quantitative estimate of drug-likeness (QED) is 0.131. The number of benzene rings is 9. The smallest absolute Gasteiger partial charge is 0.0165 e. The van der Waals surface area contributed by atoms with E-state index in [1.165, 1.54) is 110 Å². The van der Waals surface area contributed by atoms with E-state index in [9.17, 15) is 0 Å². The van der Waals surface area contributed by atoms with E-state index < -0.39 is 0 Å². The van der Waals surface area contributed by atoms with Crippen LogP contribution in [0.15, 0.2) is 146 Å². The second-order valence-electron chi connectivity index (χ2n) is 15.6. The summed E-state index contributed by atoms with van der Waals surface area (Å²) < 4.78 is 0. The second kappa shape index (κ2) is 9.49. The van der Waals surface area contributed by atoms with Gasteiger partial charge in [0.15, 0.2) is 0 Å². The van der Waals surface area contributed by atoms with E-state index in [0.29, 0.717) is 0 Å². The Labute approximate surface area is 293 Å². The van der Waals surface area contributed by atoms with Crippen molar-refractivity contribution in [1.82, 2.24) is 0 Å². The van der Waals surface area contributed by atoms with Crippen molar-refractivity contribution < 1.29 is 0 Å². The molecule has 0 atom stereocenters. The van der Waals surface area contributed by atoms with Crippen LogP contribution in [0.3, 0.4) is 0 Å². The van der Waals surface area contributed by atoms with Crippen molar-refractivity contribution in [2.24, 2.45) is 0 Å². The van der Waals surface area contributed by atoms with Crippen LogP contribution in [0.5, 0.6) is 0 Å². The fourth-order valence-electron chi connectivity index (χ4n) is 10.3. The molecule has 0 aromatic heterocycles. The summed E-state index contributed by atoms with van der Waals surface area (Å²) in [5.41, 5.74) is 16.3. The summed E-state index contributed by atoms with van der Waals surface area (Å²) in [4.78, 5) is 0. The minimum atomic E-state index is -0.0790. The fourth-order valence-corrected chi connectivity index (χ4v) is 10.3. The minimum Gasteiger partial charge on any atom is -0.0619 e. The number of hydrogen-bond donors (Lipinski definition) is 0. The molecule has 9 aromatic carbocycles. The number of rotatable bonds is 2. The van der Waals surface area contributed by atoms with Crippen LogP contribution in [0.2, 0.25) is 0 Å². The van der Waals surface area contributed by atoms with Gasteiger partial charge in [0.1, 0.15) is 0 Å². The summed E-state index contributed by atoms with van der Waals surface area (Å²) in [7, 11) is 0. The molecule has 0 amide bonds. The van der Waals surface area contributed by atoms with Gasteiger partial charge in [0, 0.05) is 10.8 Å². The van der Waals surface area contributed by atoms with E-state index >= 15 is 0 Å². The third kappa shape index (κ3) is 3.37. The van der Waals surface area contributed by atoms with E-state index in [2.05, 4.69) is 173 Å². The molecular formula is C50H36. The third-order valence-electron chi connectivity index (χ3n) is 12.4. The molecule has 11 rings (SSSR count). The molecule has 0 radical (unpaired) electrons. The molecule has 0 nitrogen and oxygen atoms in total. The SMILES string of the molecule is CC1(C)c2ccccc2-c2cccc(-c3ccc4c5ccc(-c6cccc7c6C(C)(C)c6ccccc6-7)c6cccc(c7cccc3c74)c65)c21. The summed E-state index contributed by atoms with van der Waals surface area (Å²) in [6.45, 7) is 9.57. The molecule has 0 unspecified atom stereocenters. The van der Waals surface area contributed by atoms with Gasteiger partial charge in [-0.3, -0.25) is 0 Å². The Morgan fingerprint density at radius 1 is 0.260 bits per heavy atom. The maximum atomic E-state index is 2.40. The lowest BCUT2D eigenvalue weighted by molar-refractivity contribution is 0.662. The highest BCUT2D eigenvalue weighted by Crippen LogP contribution is 2.55. The average Bonchev–Trinajstić information content (AvgIpc) is 3.53. The van der Waals surface area contributed by atoms with Gasteiger partial charge < -0.3 is 0 Å². The van der Waals surface area contributed by atoms with Crippen molar-refractivity contribution in [1.29, 1.82) is 0 Å². The Bertz CT molecular complexity index is 2690. The molecule has 0 bridgehead atoms. The lowest BCUT2D eigenvalue weighted by Crippen LogP contribution is -2.16. The first-order valence-corrected chi connectivity index (χ1v) is 18.0. The topological polar surface area (TPSA) is 0 Å². The molecule has 2 aliphatic carbocycles. The van der Waals surface area contributed by atoms with E-state index in [-0.39, 0.29) is 10.8 Å². The third-order valence-corrected chi connectivity index (χ3v) is 12.4. The fraction of sp³-hybridized carbons (Fsp3) is 0.120. The predicted molar refractivity (Wildman–Crippen MR) is 214 cm³/mol. The van der Waals surface area contributed by atoms with Gasteiger partial charge in [0.2, 0.25) is 0 Å². The van der Waals surface area contributed by atoms with E-state index in [1.54, 1.807) is 0 Å². The van der Waals surface area contributed by atoms with Crippen molar-refractivity contribution in [3.8, 4) is 44.5 Å². The molecule has 0 heteroatoms. The maximum absolute atomic E-state index is 2.40. The van der Waals surface area contributed by atoms with Crippen LogP contribution < -0.4 is 0 Å². The Balaban J connectivity index is 1.18. The molecule has 0 saturated heterocycles. The Morgan fingerprint density at radius 2 is 0.580 bits per heavy atom. The molecule has 0 saturated carbocycles. The van der Waals surface area contributed by atoms with Crippen molar-refractivity contribution >= 4 is 43.1 Å². The first kappa shape index (κ1) is 28.2.